The number of rotatable bonds is 4. The van der Waals surface area contributed by atoms with E-state index in [-0.39, 0.29) is 0 Å². The highest BCUT2D eigenvalue weighted by molar-refractivity contribution is 6.17. The van der Waals surface area contributed by atoms with Crippen molar-refractivity contribution in [2.75, 3.05) is 19.0 Å². The molecule has 0 saturated carbocycles. The first-order valence-corrected chi connectivity index (χ1v) is 4.19. The highest BCUT2D eigenvalue weighted by atomic mass is 35.5. The second kappa shape index (κ2) is 4.56. The lowest BCUT2D eigenvalue weighted by molar-refractivity contribution is 0.337. The van der Waals surface area contributed by atoms with Gasteiger partial charge in [0.25, 0.3) is 0 Å². The third kappa shape index (κ3) is 2.56. The molecule has 3 heteroatoms. The number of hydrogen-bond acceptors (Lipinski definition) is 2. The molecule has 10 heavy (non-hydrogen) atoms. The van der Waals surface area contributed by atoms with E-state index in [1.54, 1.807) is 0 Å². The molecule has 0 spiro atoms. The van der Waals surface area contributed by atoms with E-state index in [1.807, 2.05) is 0 Å². The van der Waals surface area contributed by atoms with Gasteiger partial charge in [0.2, 0.25) is 0 Å². The first-order valence-electron chi connectivity index (χ1n) is 3.65. The van der Waals surface area contributed by atoms with Crippen LogP contribution in [0.1, 0.15) is 19.3 Å². The first kappa shape index (κ1) is 7.86. The van der Waals surface area contributed by atoms with Crippen LogP contribution in [-0.4, -0.2) is 24.9 Å². The van der Waals surface area contributed by atoms with Gasteiger partial charge >= 0.3 is 0 Å². The van der Waals surface area contributed by atoms with Crippen molar-refractivity contribution >= 4 is 17.5 Å². The van der Waals surface area contributed by atoms with Gasteiger partial charge in [-0.15, -0.1) is 11.6 Å². The van der Waals surface area contributed by atoms with Gasteiger partial charge in [-0.3, -0.25) is 4.99 Å². The zero-order valence-electron chi connectivity index (χ0n) is 5.98. The van der Waals surface area contributed by atoms with Crippen LogP contribution >= 0.6 is 11.6 Å². The Balaban J connectivity index is 2.01. The second-order valence-corrected chi connectivity index (χ2v) is 2.65. The minimum atomic E-state index is 0.743. The van der Waals surface area contributed by atoms with E-state index in [9.17, 15) is 0 Å². The minimum absolute atomic E-state index is 0.743. The normalized spacial score (nSPS) is 16.7. The Morgan fingerprint density at radius 2 is 2.40 bits per heavy atom. The maximum Gasteiger partial charge on any atom is 0.183 e. The zero-order chi connectivity index (χ0) is 7.23. The zero-order valence-corrected chi connectivity index (χ0v) is 6.73. The molecule has 1 aliphatic heterocycles. The van der Waals surface area contributed by atoms with E-state index < -0.39 is 0 Å². The summed E-state index contributed by atoms with van der Waals surface area (Å²) in [5, 5.41) is 0. The molecule has 0 bridgehead atoms. The molecule has 1 aliphatic rings. The van der Waals surface area contributed by atoms with Gasteiger partial charge in [-0.1, -0.05) is 0 Å². The molecule has 0 N–H and O–H groups in total. The highest BCUT2D eigenvalue weighted by Gasteiger charge is 2.05. The molecule has 1 heterocycles. The average Bonchev–Trinajstić information content (AvgIpc) is 2.41. The average molecular weight is 162 g/mol. The Bertz CT molecular complexity index is 125. The predicted molar refractivity (Wildman–Crippen MR) is 42.8 cm³/mol. The van der Waals surface area contributed by atoms with E-state index in [4.69, 9.17) is 16.3 Å². The Morgan fingerprint density at radius 1 is 1.50 bits per heavy atom. The smallest absolute Gasteiger partial charge is 0.183 e. The van der Waals surface area contributed by atoms with Gasteiger partial charge in [-0.25, -0.2) is 0 Å². The summed E-state index contributed by atoms with van der Waals surface area (Å²) in [6, 6.07) is 0. The van der Waals surface area contributed by atoms with Gasteiger partial charge < -0.3 is 4.74 Å². The first-order chi connectivity index (χ1) is 4.93. The van der Waals surface area contributed by atoms with Crippen molar-refractivity contribution in [2.45, 2.75) is 19.3 Å². The molecule has 0 fully saturated rings. The summed E-state index contributed by atoms with van der Waals surface area (Å²) < 4.78 is 5.21. The quantitative estimate of drug-likeness (QED) is 0.456. The molecular formula is C7H12ClNO. The van der Waals surface area contributed by atoms with Crippen LogP contribution in [0.3, 0.4) is 0 Å². The molecule has 0 unspecified atom stereocenters. The van der Waals surface area contributed by atoms with Gasteiger partial charge in [0.05, 0.1) is 6.54 Å². The molecule has 0 aromatic carbocycles. The van der Waals surface area contributed by atoms with Crippen molar-refractivity contribution < 1.29 is 4.74 Å². The van der Waals surface area contributed by atoms with Crippen molar-refractivity contribution in [1.29, 1.82) is 0 Å². The van der Waals surface area contributed by atoms with Crippen LogP contribution in [-0.2, 0) is 4.74 Å². The Morgan fingerprint density at radius 3 is 3.00 bits per heavy atom. The summed E-state index contributed by atoms with van der Waals surface area (Å²) in [5.41, 5.74) is 0. The summed E-state index contributed by atoms with van der Waals surface area (Å²) in [6.07, 6.45) is 3.12. The van der Waals surface area contributed by atoms with Crippen LogP contribution in [0.4, 0.5) is 0 Å². The number of unbranched alkanes of at least 4 members (excludes halogenated alkanes) is 1. The summed E-state index contributed by atoms with van der Waals surface area (Å²) in [7, 11) is 0. The molecule has 0 saturated heterocycles. The van der Waals surface area contributed by atoms with Crippen molar-refractivity contribution in [3.63, 3.8) is 0 Å². The number of aliphatic imine (C=N–C) groups is 1. The molecule has 2 nitrogen and oxygen atoms in total. The lowest BCUT2D eigenvalue weighted by atomic mass is 10.2. The molecule has 0 amide bonds. The second-order valence-electron chi connectivity index (χ2n) is 2.27. The number of alkyl halides is 1. The molecule has 0 atom stereocenters. The van der Waals surface area contributed by atoms with Crippen LogP contribution in [0.5, 0.6) is 0 Å². The Hall–Kier alpha value is -0.240. The lowest BCUT2D eigenvalue weighted by Gasteiger charge is -1.98. The van der Waals surface area contributed by atoms with Crippen LogP contribution in [0.15, 0.2) is 4.99 Å². The number of hydrogen-bond donors (Lipinski definition) is 0. The van der Waals surface area contributed by atoms with Gasteiger partial charge in [0, 0.05) is 12.3 Å². The Kier molecular flexibility index (Phi) is 3.58. The predicted octanol–water partition coefficient (Wildman–Crippen LogP) is 1.82. The van der Waals surface area contributed by atoms with Crippen molar-refractivity contribution in [3.05, 3.63) is 0 Å². The summed E-state index contributed by atoms with van der Waals surface area (Å²) in [4.78, 5) is 4.16. The maximum absolute atomic E-state index is 5.51. The molecule has 0 radical (unpaired) electrons. The Labute approximate surface area is 66.2 Å². The summed E-state index contributed by atoms with van der Waals surface area (Å²) in [5.74, 6) is 1.66. The topological polar surface area (TPSA) is 21.6 Å². The molecule has 0 aliphatic carbocycles. The van der Waals surface area contributed by atoms with Crippen LogP contribution < -0.4 is 0 Å². The van der Waals surface area contributed by atoms with Gasteiger partial charge in [0.15, 0.2) is 5.90 Å². The monoisotopic (exact) mass is 161 g/mol. The number of ether oxygens (including phenoxy) is 1. The van der Waals surface area contributed by atoms with Crippen LogP contribution in [0, 0.1) is 0 Å². The van der Waals surface area contributed by atoms with Crippen molar-refractivity contribution in [1.82, 2.24) is 0 Å². The third-order valence-electron chi connectivity index (χ3n) is 1.42. The number of nitrogens with zero attached hydrogens (tertiary/aromatic N) is 1. The van der Waals surface area contributed by atoms with Crippen molar-refractivity contribution in [3.8, 4) is 0 Å². The molecular weight excluding hydrogens is 150 g/mol. The number of halogens is 1. The fourth-order valence-electron chi connectivity index (χ4n) is 0.901. The third-order valence-corrected chi connectivity index (χ3v) is 1.69. The van der Waals surface area contributed by atoms with E-state index in [2.05, 4.69) is 4.99 Å². The van der Waals surface area contributed by atoms with E-state index in [1.165, 1.54) is 0 Å². The summed E-state index contributed by atoms with van der Waals surface area (Å²) in [6.45, 7) is 1.62. The van der Waals surface area contributed by atoms with Gasteiger partial charge in [-0.2, -0.15) is 0 Å². The van der Waals surface area contributed by atoms with Crippen molar-refractivity contribution in [2.24, 2.45) is 4.99 Å². The fraction of sp³-hybridized carbons (Fsp3) is 0.857. The fourth-order valence-corrected chi connectivity index (χ4v) is 1.09. The van der Waals surface area contributed by atoms with E-state index in [0.717, 1.165) is 44.2 Å². The molecule has 0 aromatic rings. The van der Waals surface area contributed by atoms with Gasteiger partial charge in [-0.05, 0) is 12.8 Å². The van der Waals surface area contributed by atoms with Gasteiger partial charge in [0.1, 0.15) is 6.61 Å². The standard InChI is InChI=1S/C7H12ClNO/c8-4-2-1-3-7-9-5-6-10-7/h1-6H2. The maximum atomic E-state index is 5.51. The SMILES string of the molecule is ClCCCCC1=NCCO1. The highest BCUT2D eigenvalue weighted by Crippen LogP contribution is 2.04. The molecule has 0 aromatic heterocycles. The molecule has 1 rings (SSSR count). The molecule has 58 valence electrons. The largest absolute Gasteiger partial charge is 0.479 e. The minimum Gasteiger partial charge on any atom is -0.479 e. The summed E-state index contributed by atoms with van der Waals surface area (Å²) >= 11 is 5.51. The van der Waals surface area contributed by atoms with Crippen LogP contribution in [0.25, 0.3) is 0 Å². The van der Waals surface area contributed by atoms with Crippen LogP contribution in [0.2, 0.25) is 0 Å². The van der Waals surface area contributed by atoms with E-state index in [0.29, 0.717) is 0 Å². The van der Waals surface area contributed by atoms with E-state index >= 15 is 0 Å². The lowest BCUT2D eigenvalue weighted by Crippen LogP contribution is -1.98.